The fraction of sp³-hybridized carbons (Fsp3) is 0.600. The van der Waals surface area contributed by atoms with Crippen LogP contribution < -0.4 is 5.73 Å². The summed E-state index contributed by atoms with van der Waals surface area (Å²) >= 11 is 0. The number of carboxylic acids is 1. The molecule has 5 heteroatoms. The third kappa shape index (κ3) is 2.45. The quantitative estimate of drug-likeness (QED) is 0.461. The van der Waals surface area contributed by atoms with Crippen LogP contribution >= 0.6 is 0 Å². The number of hydrogen-bond donors (Lipinski definition) is 3. The van der Waals surface area contributed by atoms with Crippen molar-refractivity contribution in [1.82, 2.24) is 0 Å². The van der Waals surface area contributed by atoms with Gasteiger partial charge in [0.2, 0.25) is 5.91 Å². The van der Waals surface area contributed by atoms with Crippen molar-refractivity contribution in [1.29, 1.82) is 0 Å². The fourth-order valence-corrected chi connectivity index (χ4v) is 0.415. The van der Waals surface area contributed by atoms with Gasteiger partial charge in [-0.15, -0.1) is 0 Å². The Bertz CT molecular complexity index is 163. The van der Waals surface area contributed by atoms with Gasteiger partial charge in [-0.1, -0.05) is 0 Å². The lowest BCUT2D eigenvalue weighted by molar-refractivity contribution is -0.159. The molecule has 0 aliphatic carbocycles. The van der Waals surface area contributed by atoms with Crippen LogP contribution in [0.2, 0.25) is 0 Å². The fourth-order valence-electron chi connectivity index (χ4n) is 0.415. The van der Waals surface area contributed by atoms with Gasteiger partial charge in [0.1, 0.15) is 0 Å². The van der Waals surface area contributed by atoms with Crippen molar-refractivity contribution in [3.8, 4) is 0 Å². The third-order valence-electron chi connectivity index (χ3n) is 0.979. The molecule has 0 aromatic heterocycles. The molecule has 1 atom stereocenters. The monoisotopic (exact) mass is 147 g/mol. The highest BCUT2D eigenvalue weighted by Crippen LogP contribution is 2.07. The first-order chi connectivity index (χ1) is 4.36. The van der Waals surface area contributed by atoms with Crippen molar-refractivity contribution in [2.24, 2.45) is 5.73 Å². The number of carbonyl (C=O) groups excluding carboxylic acids is 1. The SMILES string of the molecule is CC(O)(CC(N)=O)C(=O)O. The summed E-state index contributed by atoms with van der Waals surface area (Å²) in [7, 11) is 0. The van der Waals surface area contributed by atoms with Gasteiger partial charge in [0.15, 0.2) is 5.60 Å². The zero-order valence-electron chi connectivity index (χ0n) is 5.50. The Hall–Kier alpha value is -1.10. The molecule has 5 nitrogen and oxygen atoms in total. The largest absolute Gasteiger partial charge is 0.479 e. The zero-order chi connectivity index (χ0) is 8.36. The van der Waals surface area contributed by atoms with Crippen LogP contribution in [0, 0.1) is 0 Å². The van der Waals surface area contributed by atoms with Crippen LogP contribution in [0.4, 0.5) is 0 Å². The van der Waals surface area contributed by atoms with E-state index in [2.05, 4.69) is 5.73 Å². The van der Waals surface area contributed by atoms with E-state index in [9.17, 15) is 9.59 Å². The molecule has 0 fully saturated rings. The minimum atomic E-state index is -2.04. The topological polar surface area (TPSA) is 101 Å². The van der Waals surface area contributed by atoms with Crippen molar-refractivity contribution in [2.75, 3.05) is 0 Å². The van der Waals surface area contributed by atoms with Crippen LogP contribution in [0.3, 0.4) is 0 Å². The summed E-state index contributed by atoms with van der Waals surface area (Å²) in [5.41, 5.74) is 2.62. The van der Waals surface area contributed by atoms with Gasteiger partial charge in [-0.2, -0.15) is 0 Å². The van der Waals surface area contributed by atoms with Gasteiger partial charge >= 0.3 is 5.97 Å². The molecule has 58 valence electrons. The molecule has 0 heterocycles. The molecule has 4 N–H and O–H groups in total. The van der Waals surface area contributed by atoms with Crippen molar-refractivity contribution in [3.63, 3.8) is 0 Å². The molecule has 0 bridgehead atoms. The number of primary amides is 1. The first-order valence-electron chi connectivity index (χ1n) is 2.60. The highest BCUT2D eigenvalue weighted by molar-refractivity contribution is 5.85. The zero-order valence-corrected chi connectivity index (χ0v) is 5.50. The van der Waals surface area contributed by atoms with Gasteiger partial charge in [-0.05, 0) is 6.92 Å². The summed E-state index contributed by atoms with van der Waals surface area (Å²) in [6.07, 6.45) is -0.567. The second-order valence-corrected chi connectivity index (χ2v) is 2.22. The summed E-state index contributed by atoms with van der Waals surface area (Å²) in [6.45, 7) is 1.01. The predicted molar refractivity (Wildman–Crippen MR) is 32.1 cm³/mol. The van der Waals surface area contributed by atoms with Gasteiger partial charge in [0.05, 0.1) is 6.42 Å². The van der Waals surface area contributed by atoms with Gasteiger partial charge in [0.25, 0.3) is 0 Å². The van der Waals surface area contributed by atoms with Crippen LogP contribution in [-0.4, -0.2) is 27.7 Å². The van der Waals surface area contributed by atoms with E-state index in [0.29, 0.717) is 0 Å². The first-order valence-corrected chi connectivity index (χ1v) is 2.60. The standard InChI is InChI=1S/C5H9NO4/c1-5(10,4(8)9)2-3(6)7/h10H,2H2,1H3,(H2,6,7)(H,8,9). The maximum absolute atomic E-state index is 10.1. The van der Waals surface area contributed by atoms with Crippen LogP contribution in [0.25, 0.3) is 0 Å². The first kappa shape index (κ1) is 8.90. The Morgan fingerprint density at radius 1 is 1.60 bits per heavy atom. The second kappa shape index (κ2) is 2.66. The minimum absolute atomic E-state index is 0.567. The van der Waals surface area contributed by atoms with Crippen LogP contribution in [0.15, 0.2) is 0 Å². The average molecular weight is 147 g/mol. The van der Waals surface area contributed by atoms with E-state index in [1.807, 2.05) is 0 Å². The molecule has 0 spiro atoms. The molecule has 0 saturated heterocycles. The van der Waals surface area contributed by atoms with E-state index in [1.165, 1.54) is 0 Å². The molecular weight excluding hydrogens is 138 g/mol. The number of hydrogen-bond acceptors (Lipinski definition) is 3. The number of carbonyl (C=O) groups is 2. The van der Waals surface area contributed by atoms with Gasteiger partial charge in [-0.25, -0.2) is 4.79 Å². The second-order valence-electron chi connectivity index (χ2n) is 2.22. The lowest BCUT2D eigenvalue weighted by atomic mass is 10.0. The van der Waals surface area contributed by atoms with Gasteiger partial charge in [-0.3, -0.25) is 4.79 Å². The molecule has 0 radical (unpaired) electrons. The van der Waals surface area contributed by atoms with Crippen molar-refractivity contribution in [3.05, 3.63) is 0 Å². The molecule has 0 aliphatic heterocycles. The van der Waals surface area contributed by atoms with Crippen LogP contribution in [0.1, 0.15) is 13.3 Å². The normalized spacial score (nSPS) is 15.8. The number of nitrogens with two attached hydrogens (primary N) is 1. The lowest BCUT2D eigenvalue weighted by Crippen LogP contribution is -2.39. The van der Waals surface area contributed by atoms with Crippen LogP contribution in [-0.2, 0) is 9.59 Å². The Kier molecular flexibility index (Phi) is 2.36. The van der Waals surface area contributed by atoms with E-state index >= 15 is 0 Å². The maximum Gasteiger partial charge on any atom is 0.335 e. The number of aliphatic hydroxyl groups is 1. The molecule has 0 aliphatic rings. The summed E-state index contributed by atoms with van der Waals surface area (Å²) < 4.78 is 0. The molecule has 0 saturated carbocycles. The molecule has 0 aromatic rings. The van der Waals surface area contributed by atoms with Crippen molar-refractivity contribution >= 4 is 11.9 Å². The van der Waals surface area contributed by atoms with Gasteiger partial charge < -0.3 is 15.9 Å². The summed E-state index contributed by atoms with van der Waals surface area (Å²) in [5, 5.41) is 17.1. The minimum Gasteiger partial charge on any atom is -0.479 e. The Balaban J connectivity index is 4.13. The molecule has 1 unspecified atom stereocenters. The molecule has 1 amide bonds. The van der Waals surface area contributed by atoms with Crippen LogP contribution in [0.5, 0.6) is 0 Å². The van der Waals surface area contributed by atoms with E-state index < -0.39 is 23.9 Å². The summed E-state index contributed by atoms with van der Waals surface area (Å²) in [6, 6.07) is 0. The Morgan fingerprint density at radius 2 is 2.00 bits per heavy atom. The Morgan fingerprint density at radius 3 is 2.10 bits per heavy atom. The molecule has 0 aromatic carbocycles. The maximum atomic E-state index is 10.1. The van der Waals surface area contributed by atoms with E-state index in [0.717, 1.165) is 6.92 Å². The number of carboxylic acid groups (broad SMARTS) is 1. The van der Waals surface area contributed by atoms with Crippen molar-refractivity contribution in [2.45, 2.75) is 18.9 Å². The van der Waals surface area contributed by atoms with E-state index in [4.69, 9.17) is 10.2 Å². The Labute approximate surface area is 57.5 Å². The number of aliphatic carboxylic acids is 1. The average Bonchev–Trinajstić information content (AvgIpc) is 1.60. The van der Waals surface area contributed by atoms with E-state index in [-0.39, 0.29) is 0 Å². The summed E-state index contributed by atoms with van der Waals surface area (Å²) in [5.74, 6) is -2.29. The molecular formula is C5H9NO4. The molecule has 10 heavy (non-hydrogen) atoms. The predicted octanol–water partition coefficient (Wildman–Crippen LogP) is -1.30. The third-order valence-corrected chi connectivity index (χ3v) is 0.979. The van der Waals surface area contributed by atoms with Crippen molar-refractivity contribution < 1.29 is 19.8 Å². The van der Waals surface area contributed by atoms with E-state index in [1.54, 1.807) is 0 Å². The number of rotatable bonds is 3. The smallest absolute Gasteiger partial charge is 0.335 e. The number of amides is 1. The highest BCUT2D eigenvalue weighted by atomic mass is 16.4. The summed E-state index contributed by atoms with van der Waals surface area (Å²) in [4.78, 5) is 20.2. The molecule has 0 rings (SSSR count). The lowest BCUT2D eigenvalue weighted by Gasteiger charge is -2.14. The van der Waals surface area contributed by atoms with Gasteiger partial charge in [0, 0.05) is 0 Å². The highest BCUT2D eigenvalue weighted by Gasteiger charge is 2.31.